The quantitative estimate of drug-likeness (QED) is 0.727. The molecule has 0 aromatic carbocycles. The van der Waals surface area contributed by atoms with Gasteiger partial charge in [0.15, 0.2) is 6.29 Å². The van der Waals surface area contributed by atoms with E-state index in [1.165, 1.54) is 0 Å². The average Bonchev–Trinajstić information content (AvgIpc) is 2.62. The molecule has 0 amide bonds. The summed E-state index contributed by atoms with van der Waals surface area (Å²) in [5.41, 5.74) is 2.33. The lowest BCUT2D eigenvalue weighted by molar-refractivity contribution is 0.112. The number of hydrogen-bond acceptors (Lipinski definition) is 3. The zero-order valence-corrected chi connectivity index (χ0v) is 8.11. The molecule has 0 radical (unpaired) electrons. The van der Waals surface area contributed by atoms with Crippen LogP contribution in [-0.2, 0) is 0 Å². The number of H-pyrrole nitrogens is 1. The summed E-state index contributed by atoms with van der Waals surface area (Å²) < 4.78 is 0. The number of fused-ring (bicyclic) bond motifs is 1. The number of aromatic nitrogens is 2. The maximum Gasteiger partial charge on any atom is 0.153 e. The Balaban J connectivity index is 2.81. The van der Waals surface area contributed by atoms with Gasteiger partial charge >= 0.3 is 0 Å². The number of anilines is 1. The molecule has 2 heterocycles. The second-order valence-electron chi connectivity index (χ2n) is 3.31. The van der Waals surface area contributed by atoms with Gasteiger partial charge in [-0.05, 0) is 6.07 Å². The smallest absolute Gasteiger partial charge is 0.153 e. The van der Waals surface area contributed by atoms with E-state index in [1.54, 1.807) is 6.20 Å². The van der Waals surface area contributed by atoms with Crippen LogP contribution in [0.2, 0.25) is 0 Å². The van der Waals surface area contributed by atoms with Crippen molar-refractivity contribution in [2.24, 2.45) is 0 Å². The number of carbonyl (C=O) groups is 1. The molecule has 2 rings (SSSR count). The fraction of sp³-hybridized carbons (Fsp3) is 0.200. The Morgan fingerprint density at radius 3 is 2.93 bits per heavy atom. The number of aromatic amines is 1. The minimum atomic E-state index is 0.613. The highest BCUT2D eigenvalue weighted by atomic mass is 16.1. The molecular weight excluding hydrogens is 178 g/mol. The molecule has 0 saturated heterocycles. The average molecular weight is 189 g/mol. The van der Waals surface area contributed by atoms with Crippen molar-refractivity contribution < 1.29 is 4.79 Å². The SMILES string of the molecule is CN(C)c1c(C=O)cnc2[nH]ccc12. The maximum absolute atomic E-state index is 10.8. The van der Waals surface area contributed by atoms with Crippen molar-refractivity contribution in [1.82, 2.24) is 9.97 Å². The van der Waals surface area contributed by atoms with E-state index in [1.807, 2.05) is 31.3 Å². The van der Waals surface area contributed by atoms with Crippen LogP contribution in [0.1, 0.15) is 10.4 Å². The molecular formula is C10H11N3O. The van der Waals surface area contributed by atoms with Gasteiger partial charge in [-0.3, -0.25) is 4.79 Å². The highest BCUT2D eigenvalue weighted by molar-refractivity contribution is 5.99. The molecule has 0 fully saturated rings. The van der Waals surface area contributed by atoms with Crippen molar-refractivity contribution in [3.05, 3.63) is 24.0 Å². The van der Waals surface area contributed by atoms with Gasteiger partial charge in [-0.1, -0.05) is 0 Å². The molecule has 2 aromatic heterocycles. The van der Waals surface area contributed by atoms with Gasteiger partial charge in [-0.2, -0.15) is 0 Å². The summed E-state index contributed by atoms with van der Waals surface area (Å²) in [6.45, 7) is 0. The van der Waals surface area contributed by atoms with Crippen molar-refractivity contribution >= 4 is 23.0 Å². The van der Waals surface area contributed by atoms with E-state index in [0.717, 1.165) is 23.0 Å². The van der Waals surface area contributed by atoms with E-state index in [9.17, 15) is 4.79 Å². The number of carbonyl (C=O) groups excluding carboxylic acids is 1. The first kappa shape index (κ1) is 8.74. The van der Waals surface area contributed by atoms with Crippen molar-refractivity contribution in [2.45, 2.75) is 0 Å². The molecule has 0 aliphatic carbocycles. The molecule has 0 bridgehead atoms. The van der Waals surface area contributed by atoms with Gasteiger partial charge in [0.1, 0.15) is 5.65 Å². The Kier molecular flexibility index (Phi) is 1.96. The number of rotatable bonds is 2. The zero-order chi connectivity index (χ0) is 10.1. The number of nitrogens with zero attached hydrogens (tertiary/aromatic N) is 2. The van der Waals surface area contributed by atoms with Crippen LogP contribution >= 0.6 is 0 Å². The van der Waals surface area contributed by atoms with Crippen molar-refractivity contribution in [1.29, 1.82) is 0 Å². The fourth-order valence-corrected chi connectivity index (χ4v) is 1.59. The third-order valence-corrected chi connectivity index (χ3v) is 2.16. The van der Waals surface area contributed by atoms with E-state index in [-0.39, 0.29) is 0 Å². The zero-order valence-electron chi connectivity index (χ0n) is 8.11. The number of aldehydes is 1. The molecule has 2 aromatic rings. The van der Waals surface area contributed by atoms with Crippen molar-refractivity contribution in [2.75, 3.05) is 19.0 Å². The number of hydrogen-bond donors (Lipinski definition) is 1. The topological polar surface area (TPSA) is 49.0 Å². The van der Waals surface area contributed by atoms with E-state index in [0.29, 0.717) is 5.56 Å². The highest BCUT2D eigenvalue weighted by Gasteiger charge is 2.10. The predicted molar refractivity (Wildman–Crippen MR) is 55.8 cm³/mol. The Bertz CT molecular complexity index is 473. The first-order chi connectivity index (χ1) is 6.74. The monoisotopic (exact) mass is 189 g/mol. The van der Waals surface area contributed by atoms with E-state index < -0.39 is 0 Å². The molecule has 0 saturated carbocycles. The maximum atomic E-state index is 10.8. The normalized spacial score (nSPS) is 10.4. The summed E-state index contributed by atoms with van der Waals surface area (Å²) in [6, 6.07) is 1.92. The third kappa shape index (κ3) is 1.16. The molecule has 1 N–H and O–H groups in total. The van der Waals surface area contributed by atoms with Crippen LogP contribution in [0.3, 0.4) is 0 Å². The lowest BCUT2D eigenvalue weighted by Crippen LogP contribution is -2.11. The lowest BCUT2D eigenvalue weighted by Gasteiger charge is -2.15. The van der Waals surface area contributed by atoms with Crippen LogP contribution in [0.5, 0.6) is 0 Å². The van der Waals surface area contributed by atoms with Gasteiger partial charge in [0.25, 0.3) is 0 Å². The molecule has 14 heavy (non-hydrogen) atoms. The van der Waals surface area contributed by atoms with Crippen LogP contribution in [0, 0.1) is 0 Å². The second kappa shape index (κ2) is 3.14. The largest absolute Gasteiger partial charge is 0.376 e. The summed E-state index contributed by atoms with van der Waals surface area (Å²) in [6.07, 6.45) is 4.23. The van der Waals surface area contributed by atoms with Crippen LogP contribution < -0.4 is 4.90 Å². The molecule has 0 unspecified atom stereocenters. The highest BCUT2D eigenvalue weighted by Crippen LogP contribution is 2.26. The second-order valence-corrected chi connectivity index (χ2v) is 3.31. The summed E-state index contributed by atoms with van der Waals surface area (Å²) in [5.74, 6) is 0. The summed E-state index contributed by atoms with van der Waals surface area (Å²) in [7, 11) is 3.82. The van der Waals surface area contributed by atoms with Crippen LogP contribution in [0.4, 0.5) is 5.69 Å². The summed E-state index contributed by atoms with van der Waals surface area (Å²) in [5, 5.41) is 0.972. The van der Waals surface area contributed by atoms with Gasteiger partial charge in [0.05, 0.1) is 11.3 Å². The number of nitrogens with one attached hydrogen (secondary N) is 1. The van der Waals surface area contributed by atoms with E-state index in [4.69, 9.17) is 0 Å². The molecule has 0 aliphatic heterocycles. The Hall–Kier alpha value is -1.84. The Morgan fingerprint density at radius 2 is 2.29 bits per heavy atom. The van der Waals surface area contributed by atoms with Gasteiger partial charge in [-0.15, -0.1) is 0 Å². The van der Waals surface area contributed by atoms with Gasteiger partial charge in [0.2, 0.25) is 0 Å². The lowest BCUT2D eigenvalue weighted by atomic mass is 10.2. The van der Waals surface area contributed by atoms with E-state index >= 15 is 0 Å². The first-order valence-corrected chi connectivity index (χ1v) is 4.32. The van der Waals surface area contributed by atoms with Crippen molar-refractivity contribution in [3.8, 4) is 0 Å². The standard InChI is InChI=1S/C10H11N3O/c1-13(2)9-7(6-14)5-12-10-8(9)3-4-11-10/h3-6H,1-2H3,(H,11,12). The molecule has 0 atom stereocenters. The third-order valence-electron chi connectivity index (χ3n) is 2.16. The van der Waals surface area contributed by atoms with Crippen molar-refractivity contribution in [3.63, 3.8) is 0 Å². The minimum Gasteiger partial charge on any atom is -0.376 e. The number of pyridine rings is 1. The molecule has 0 aliphatic rings. The predicted octanol–water partition coefficient (Wildman–Crippen LogP) is 1.44. The van der Waals surface area contributed by atoms with Crippen LogP contribution in [-0.4, -0.2) is 30.3 Å². The summed E-state index contributed by atoms with van der Waals surface area (Å²) >= 11 is 0. The van der Waals surface area contributed by atoms with Gasteiger partial charge in [-0.25, -0.2) is 4.98 Å². The van der Waals surface area contributed by atoms with Gasteiger partial charge < -0.3 is 9.88 Å². The molecule has 0 spiro atoms. The van der Waals surface area contributed by atoms with Crippen LogP contribution in [0.15, 0.2) is 18.5 Å². The summed E-state index contributed by atoms with van der Waals surface area (Å²) in [4.78, 5) is 19.9. The Morgan fingerprint density at radius 1 is 1.50 bits per heavy atom. The van der Waals surface area contributed by atoms with Gasteiger partial charge in [0, 0.05) is 31.9 Å². The fourth-order valence-electron chi connectivity index (χ4n) is 1.59. The van der Waals surface area contributed by atoms with E-state index in [2.05, 4.69) is 9.97 Å². The van der Waals surface area contributed by atoms with Crippen LogP contribution in [0.25, 0.3) is 11.0 Å². The molecule has 72 valence electrons. The first-order valence-electron chi connectivity index (χ1n) is 4.32. The molecule has 4 nitrogen and oxygen atoms in total. The Labute approximate surface area is 81.6 Å². The minimum absolute atomic E-state index is 0.613. The molecule has 4 heteroatoms.